The molecule has 4 heteroatoms. The number of hydrogen-bond acceptors (Lipinski definition) is 3. The first-order valence-electron chi connectivity index (χ1n) is 6.00. The molecule has 16 heavy (non-hydrogen) atoms. The van der Waals surface area contributed by atoms with E-state index in [0.29, 0.717) is 11.8 Å². The number of ether oxygens (including phenoxy) is 1. The van der Waals surface area contributed by atoms with Crippen molar-refractivity contribution in [3.63, 3.8) is 0 Å². The Morgan fingerprint density at radius 2 is 2.06 bits per heavy atom. The highest BCUT2D eigenvalue weighted by molar-refractivity contribution is 6.27. The molecule has 1 saturated carbocycles. The van der Waals surface area contributed by atoms with Crippen LogP contribution in [-0.2, 0) is 4.74 Å². The van der Waals surface area contributed by atoms with Gasteiger partial charge in [-0.3, -0.25) is 4.90 Å². The minimum atomic E-state index is -0.660. The van der Waals surface area contributed by atoms with E-state index in [-0.39, 0.29) is 6.04 Å². The minimum Gasteiger partial charge on any atom is -0.379 e. The predicted molar refractivity (Wildman–Crippen MR) is 63.3 cm³/mol. The fourth-order valence-corrected chi connectivity index (χ4v) is 3.36. The van der Waals surface area contributed by atoms with Gasteiger partial charge in [-0.15, -0.1) is 11.6 Å². The summed E-state index contributed by atoms with van der Waals surface area (Å²) < 4.78 is 5.35. The quantitative estimate of drug-likeness (QED) is 0.694. The average Bonchev–Trinajstić information content (AvgIpc) is 2.26. The fourth-order valence-electron chi connectivity index (χ4n) is 2.88. The maximum Gasteiger partial charge on any atom is 0.147 e. The summed E-state index contributed by atoms with van der Waals surface area (Å²) in [5.74, 6) is 1.14. The summed E-state index contributed by atoms with van der Waals surface area (Å²) in [6.45, 7) is 7.77. The molecule has 3 atom stereocenters. The summed E-state index contributed by atoms with van der Waals surface area (Å²) in [7, 11) is 0. The third-order valence-electron chi connectivity index (χ3n) is 3.89. The van der Waals surface area contributed by atoms with Gasteiger partial charge in [0.05, 0.1) is 19.3 Å². The van der Waals surface area contributed by atoms with Gasteiger partial charge in [-0.2, -0.15) is 5.26 Å². The van der Waals surface area contributed by atoms with Gasteiger partial charge in [0.2, 0.25) is 0 Å². The largest absolute Gasteiger partial charge is 0.379 e. The molecular weight excluding hydrogens is 224 g/mol. The van der Waals surface area contributed by atoms with Crippen LogP contribution in [0.1, 0.15) is 20.3 Å². The van der Waals surface area contributed by atoms with Gasteiger partial charge < -0.3 is 4.74 Å². The summed E-state index contributed by atoms with van der Waals surface area (Å²) in [5, 5.41) is 9.21. The van der Waals surface area contributed by atoms with Crippen LogP contribution in [0.3, 0.4) is 0 Å². The highest BCUT2D eigenvalue weighted by Gasteiger charge is 2.56. The number of nitriles is 1. The van der Waals surface area contributed by atoms with E-state index < -0.39 is 4.87 Å². The Labute approximate surface area is 102 Å². The summed E-state index contributed by atoms with van der Waals surface area (Å²) in [6, 6.07) is 2.50. The lowest BCUT2D eigenvalue weighted by atomic mass is 9.64. The SMILES string of the molecule is CC(C)C1CC(Cl)(C#N)C1N1CCOCC1. The van der Waals surface area contributed by atoms with Crippen molar-refractivity contribution in [2.75, 3.05) is 26.3 Å². The predicted octanol–water partition coefficient (Wildman–Crippen LogP) is 1.86. The summed E-state index contributed by atoms with van der Waals surface area (Å²) in [6.07, 6.45) is 0.824. The molecule has 1 heterocycles. The molecule has 1 aliphatic heterocycles. The van der Waals surface area contributed by atoms with E-state index in [1.165, 1.54) is 0 Å². The molecule has 1 aliphatic carbocycles. The Kier molecular flexibility index (Phi) is 3.44. The first kappa shape index (κ1) is 12.2. The minimum absolute atomic E-state index is 0.211. The fraction of sp³-hybridized carbons (Fsp3) is 0.917. The Bertz CT molecular complexity index is 296. The number of hydrogen-bond donors (Lipinski definition) is 0. The second-order valence-corrected chi connectivity index (χ2v) is 5.85. The average molecular weight is 243 g/mol. The molecule has 0 radical (unpaired) electrons. The molecule has 0 aromatic carbocycles. The normalized spacial score (nSPS) is 40.4. The van der Waals surface area contributed by atoms with Crippen molar-refractivity contribution in [1.82, 2.24) is 4.90 Å². The summed E-state index contributed by atoms with van der Waals surface area (Å²) in [4.78, 5) is 1.68. The van der Waals surface area contributed by atoms with Crippen molar-refractivity contribution in [2.45, 2.75) is 31.2 Å². The van der Waals surface area contributed by atoms with E-state index in [4.69, 9.17) is 16.3 Å². The molecule has 1 saturated heterocycles. The lowest BCUT2D eigenvalue weighted by Gasteiger charge is -2.54. The highest BCUT2D eigenvalue weighted by Crippen LogP contribution is 2.49. The molecule has 2 rings (SSSR count). The number of nitrogens with zero attached hydrogens (tertiary/aromatic N) is 2. The van der Waals surface area contributed by atoms with Crippen LogP contribution in [-0.4, -0.2) is 42.1 Å². The zero-order valence-corrected chi connectivity index (χ0v) is 10.7. The third kappa shape index (κ3) is 1.95. The van der Waals surface area contributed by atoms with Crippen molar-refractivity contribution < 1.29 is 4.74 Å². The first-order valence-corrected chi connectivity index (χ1v) is 6.38. The zero-order chi connectivity index (χ0) is 11.8. The molecule has 0 spiro atoms. The molecule has 90 valence electrons. The van der Waals surface area contributed by atoms with Gasteiger partial charge in [-0.1, -0.05) is 13.8 Å². The molecule has 2 aliphatic rings. The van der Waals surface area contributed by atoms with Crippen LogP contribution in [0.2, 0.25) is 0 Å². The number of morpholine rings is 1. The maximum atomic E-state index is 9.21. The Morgan fingerprint density at radius 3 is 2.56 bits per heavy atom. The van der Waals surface area contributed by atoms with Gasteiger partial charge >= 0.3 is 0 Å². The Balaban J connectivity index is 2.10. The van der Waals surface area contributed by atoms with Crippen LogP contribution < -0.4 is 0 Å². The zero-order valence-electron chi connectivity index (χ0n) is 9.95. The van der Waals surface area contributed by atoms with E-state index in [9.17, 15) is 5.26 Å². The smallest absolute Gasteiger partial charge is 0.147 e. The molecule has 3 unspecified atom stereocenters. The number of halogens is 1. The van der Waals surface area contributed by atoms with E-state index in [1.807, 2.05) is 0 Å². The molecule has 0 bridgehead atoms. The van der Waals surface area contributed by atoms with E-state index in [1.54, 1.807) is 0 Å². The van der Waals surface area contributed by atoms with Gasteiger partial charge in [0.25, 0.3) is 0 Å². The maximum absolute atomic E-state index is 9.21. The standard InChI is InChI=1S/C12H19ClN2O/c1-9(2)10-7-12(13,8-14)11(10)15-3-5-16-6-4-15/h9-11H,3-7H2,1-2H3. The Hall–Kier alpha value is -0.300. The molecular formula is C12H19ClN2O. The van der Waals surface area contributed by atoms with E-state index >= 15 is 0 Å². The van der Waals surface area contributed by atoms with Gasteiger partial charge in [-0.25, -0.2) is 0 Å². The van der Waals surface area contributed by atoms with Crippen molar-refractivity contribution in [3.05, 3.63) is 0 Å². The van der Waals surface area contributed by atoms with Gasteiger partial charge in [0.15, 0.2) is 0 Å². The lowest BCUT2D eigenvalue weighted by molar-refractivity contribution is -0.0471. The second-order valence-electron chi connectivity index (χ2n) is 5.18. The van der Waals surface area contributed by atoms with E-state index in [0.717, 1.165) is 32.7 Å². The lowest BCUT2D eigenvalue weighted by Crippen LogP contribution is -2.65. The highest BCUT2D eigenvalue weighted by atomic mass is 35.5. The Morgan fingerprint density at radius 1 is 1.44 bits per heavy atom. The number of rotatable bonds is 2. The van der Waals surface area contributed by atoms with Crippen molar-refractivity contribution in [2.24, 2.45) is 11.8 Å². The molecule has 0 aromatic heterocycles. The van der Waals surface area contributed by atoms with Crippen LogP contribution in [0.25, 0.3) is 0 Å². The molecule has 0 aromatic rings. The van der Waals surface area contributed by atoms with Crippen LogP contribution in [0, 0.1) is 23.2 Å². The van der Waals surface area contributed by atoms with E-state index in [2.05, 4.69) is 24.8 Å². The van der Waals surface area contributed by atoms with Crippen molar-refractivity contribution in [1.29, 1.82) is 5.26 Å². The monoisotopic (exact) mass is 242 g/mol. The van der Waals surface area contributed by atoms with Crippen molar-refractivity contribution in [3.8, 4) is 6.07 Å². The third-order valence-corrected chi connectivity index (χ3v) is 4.35. The topological polar surface area (TPSA) is 36.3 Å². The first-order chi connectivity index (χ1) is 7.58. The van der Waals surface area contributed by atoms with Crippen LogP contribution in [0.5, 0.6) is 0 Å². The van der Waals surface area contributed by atoms with Crippen molar-refractivity contribution >= 4 is 11.6 Å². The van der Waals surface area contributed by atoms with Crippen LogP contribution in [0.15, 0.2) is 0 Å². The molecule has 0 N–H and O–H groups in total. The second kappa shape index (κ2) is 4.52. The number of alkyl halides is 1. The molecule has 3 nitrogen and oxygen atoms in total. The van der Waals surface area contributed by atoms with Gasteiger partial charge in [0, 0.05) is 19.1 Å². The van der Waals surface area contributed by atoms with Gasteiger partial charge in [0.1, 0.15) is 4.87 Å². The summed E-state index contributed by atoms with van der Waals surface area (Å²) >= 11 is 6.39. The van der Waals surface area contributed by atoms with Crippen LogP contribution in [0.4, 0.5) is 0 Å². The summed E-state index contributed by atoms with van der Waals surface area (Å²) in [5.41, 5.74) is 0. The van der Waals surface area contributed by atoms with Crippen LogP contribution >= 0.6 is 11.6 Å². The van der Waals surface area contributed by atoms with Gasteiger partial charge in [-0.05, 0) is 18.3 Å². The molecule has 2 fully saturated rings. The molecule has 0 amide bonds.